The van der Waals surface area contributed by atoms with Crippen molar-refractivity contribution in [2.24, 2.45) is 0 Å². The first kappa shape index (κ1) is 16.7. The molecule has 1 aromatic carbocycles. The van der Waals surface area contributed by atoms with Gasteiger partial charge in [-0.15, -0.1) is 0 Å². The first-order valence-corrected chi connectivity index (χ1v) is 7.69. The van der Waals surface area contributed by atoms with Gasteiger partial charge < -0.3 is 19.4 Å². The molecule has 2 N–H and O–H groups in total. The topological polar surface area (TPSA) is 102 Å². The predicted molar refractivity (Wildman–Crippen MR) is 91.5 cm³/mol. The fourth-order valence-corrected chi connectivity index (χ4v) is 2.42. The normalized spacial score (nSPS) is 12.0. The molecule has 0 aliphatic carbocycles. The molecule has 1 atom stereocenters. The van der Waals surface area contributed by atoms with E-state index in [0.29, 0.717) is 11.0 Å². The van der Waals surface area contributed by atoms with Gasteiger partial charge in [-0.2, -0.15) is 0 Å². The number of hydrogen-bond donors (Lipinski definition) is 2. The summed E-state index contributed by atoms with van der Waals surface area (Å²) in [6.45, 7) is -0.0433. The summed E-state index contributed by atoms with van der Waals surface area (Å²) in [5.74, 6) is -0.741. The Morgan fingerprint density at radius 2 is 1.92 bits per heavy atom. The second-order valence-electron chi connectivity index (χ2n) is 5.53. The van der Waals surface area contributed by atoms with Crippen molar-refractivity contribution in [1.29, 1.82) is 0 Å². The van der Waals surface area contributed by atoms with Crippen molar-refractivity contribution >= 4 is 16.9 Å². The fraction of sp³-hybridized carbons (Fsp3) is 0.167. The summed E-state index contributed by atoms with van der Waals surface area (Å²) in [4.78, 5) is 35.7. The highest BCUT2D eigenvalue weighted by Gasteiger charge is 2.14. The van der Waals surface area contributed by atoms with Crippen molar-refractivity contribution in [1.82, 2.24) is 9.88 Å². The molecule has 2 aromatic heterocycles. The predicted octanol–water partition coefficient (Wildman–Crippen LogP) is 0.746. The Labute approximate surface area is 142 Å². The molecule has 0 fully saturated rings. The van der Waals surface area contributed by atoms with Gasteiger partial charge >= 0.3 is 0 Å². The third-order valence-electron chi connectivity index (χ3n) is 3.66. The van der Waals surface area contributed by atoms with Crippen molar-refractivity contribution < 1.29 is 14.3 Å². The van der Waals surface area contributed by atoms with E-state index in [9.17, 15) is 19.5 Å². The zero-order chi connectivity index (χ0) is 17.8. The minimum Gasteiger partial charge on any atom is -0.451 e. The van der Waals surface area contributed by atoms with E-state index in [2.05, 4.69) is 5.32 Å². The SMILES string of the molecule is O=C(NCC(O)Cn1ccccc1=O)c1cc(=O)c2ccccc2o1. The van der Waals surface area contributed by atoms with Crippen LogP contribution in [0.25, 0.3) is 11.0 Å². The minimum atomic E-state index is -0.962. The van der Waals surface area contributed by atoms with Gasteiger partial charge in [-0.3, -0.25) is 14.4 Å². The van der Waals surface area contributed by atoms with Crippen molar-refractivity contribution in [3.05, 3.63) is 81.1 Å². The van der Waals surface area contributed by atoms with Crippen LogP contribution in [0.15, 0.2) is 68.7 Å². The van der Waals surface area contributed by atoms with E-state index in [1.54, 1.807) is 42.6 Å². The number of aliphatic hydroxyl groups excluding tert-OH is 1. The molecule has 0 aliphatic rings. The molecule has 0 spiro atoms. The van der Waals surface area contributed by atoms with Crippen LogP contribution in [-0.2, 0) is 6.54 Å². The van der Waals surface area contributed by atoms with Crippen LogP contribution in [0.4, 0.5) is 0 Å². The van der Waals surface area contributed by atoms with Crippen LogP contribution in [0.1, 0.15) is 10.6 Å². The van der Waals surface area contributed by atoms with E-state index in [0.717, 1.165) is 6.07 Å². The number of carbonyl (C=O) groups excluding carboxylic acids is 1. The van der Waals surface area contributed by atoms with Gasteiger partial charge in [-0.1, -0.05) is 18.2 Å². The van der Waals surface area contributed by atoms with E-state index in [-0.39, 0.29) is 29.8 Å². The number of fused-ring (bicyclic) bond motifs is 1. The van der Waals surface area contributed by atoms with Crippen LogP contribution >= 0.6 is 0 Å². The number of carbonyl (C=O) groups is 1. The molecule has 0 bridgehead atoms. The van der Waals surface area contributed by atoms with E-state index in [1.807, 2.05) is 0 Å². The summed E-state index contributed by atoms with van der Waals surface area (Å²) in [5.41, 5.74) is -0.242. The standard InChI is InChI=1S/C18H16N2O5/c21-12(11-20-8-4-3-7-17(20)23)10-19-18(24)16-9-14(22)13-5-1-2-6-15(13)25-16/h1-9,12,21H,10-11H2,(H,19,24). The number of rotatable bonds is 5. The first-order chi connectivity index (χ1) is 12.0. The Kier molecular flexibility index (Phi) is 4.76. The highest BCUT2D eigenvalue weighted by atomic mass is 16.3. The van der Waals surface area contributed by atoms with Crippen molar-refractivity contribution in [2.45, 2.75) is 12.6 Å². The number of nitrogens with zero attached hydrogens (tertiary/aromatic N) is 1. The van der Waals surface area contributed by atoms with Crippen molar-refractivity contribution in [3.63, 3.8) is 0 Å². The van der Waals surface area contributed by atoms with Gasteiger partial charge in [-0.05, 0) is 18.2 Å². The lowest BCUT2D eigenvalue weighted by atomic mass is 10.2. The largest absolute Gasteiger partial charge is 0.451 e. The Hall–Kier alpha value is -3.19. The van der Waals surface area contributed by atoms with E-state index < -0.39 is 12.0 Å². The lowest BCUT2D eigenvalue weighted by Gasteiger charge is -2.13. The molecular formula is C18H16N2O5. The molecule has 25 heavy (non-hydrogen) atoms. The van der Waals surface area contributed by atoms with Crippen LogP contribution in [-0.4, -0.2) is 28.2 Å². The highest BCUT2D eigenvalue weighted by Crippen LogP contribution is 2.11. The summed E-state index contributed by atoms with van der Waals surface area (Å²) < 4.78 is 6.77. The Bertz CT molecular complexity index is 1020. The molecule has 1 amide bonds. The van der Waals surface area contributed by atoms with Gasteiger partial charge in [-0.25, -0.2) is 0 Å². The fourth-order valence-electron chi connectivity index (χ4n) is 2.42. The summed E-state index contributed by atoms with van der Waals surface area (Å²) in [7, 11) is 0. The lowest BCUT2D eigenvalue weighted by Crippen LogP contribution is -2.36. The number of pyridine rings is 1. The second-order valence-corrected chi connectivity index (χ2v) is 5.53. The summed E-state index contributed by atoms with van der Waals surface area (Å²) >= 11 is 0. The highest BCUT2D eigenvalue weighted by molar-refractivity contribution is 5.93. The quantitative estimate of drug-likeness (QED) is 0.713. The maximum absolute atomic E-state index is 12.1. The van der Waals surface area contributed by atoms with Gasteiger partial charge in [0.15, 0.2) is 11.2 Å². The first-order valence-electron chi connectivity index (χ1n) is 7.69. The molecule has 7 nitrogen and oxygen atoms in total. The number of benzene rings is 1. The molecule has 0 aliphatic heterocycles. The molecule has 0 saturated carbocycles. The molecule has 0 saturated heterocycles. The van der Waals surface area contributed by atoms with E-state index in [4.69, 9.17) is 4.42 Å². The van der Waals surface area contributed by atoms with Crippen molar-refractivity contribution in [3.8, 4) is 0 Å². The van der Waals surface area contributed by atoms with Gasteiger partial charge in [0.2, 0.25) is 0 Å². The molecule has 128 valence electrons. The van der Waals surface area contributed by atoms with Gasteiger partial charge in [0.1, 0.15) is 5.58 Å². The zero-order valence-electron chi connectivity index (χ0n) is 13.2. The van der Waals surface area contributed by atoms with Crippen LogP contribution < -0.4 is 16.3 Å². The number of aliphatic hydroxyl groups is 1. The lowest BCUT2D eigenvalue weighted by molar-refractivity contribution is 0.0877. The monoisotopic (exact) mass is 340 g/mol. The van der Waals surface area contributed by atoms with Gasteiger partial charge in [0, 0.05) is 24.9 Å². The third-order valence-corrected chi connectivity index (χ3v) is 3.66. The molecule has 2 heterocycles. The van der Waals surface area contributed by atoms with E-state index >= 15 is 0 Å². The number of amides is 1. The third kappa shape index (κ3) is 3.84. The summed E-state index contributed by atoms with van der Waals surface area (Å²) in [6, 6.07) is 12.4. The minimum absolute atomic E-state index is 0.0433. The molecule has 3 rings (SSSR count). The van der Waals surface area contributed by atoms with Gasteiger partial charge in [0.05, 0.1) is 18.0 Å². The Balaban J connectivity index is 1.67. The van der Waals surface area contributed by atoms with Crippen LogP contribution in [0, 0.1) is 0 Å². The second kappa shape index (κ2) is 7.14. The smallest absolute Gasteiger partial charge is 0.287 e. The van der Waals surface area contributed by atoms with Crippen LogP contribution in [0.3, 0.4) is 0 Å². The van der Waals surface area contributed by atoms with Crippen molar-refractivity contribution in [2.75, 3.05) is 6.54 Å². The number of aromatic nitrogens is 1. The molecule has 3 aromatic rings. The number of para-hydroxylation sites is 1. The van der Waals surface area contributed by atoms with Crippen LogP contribution in [0.2, 0.25) is 0 Å². The average molecular weight is 340 g/mol. The zero-order valence-corrected chi connectivity index (χ0v) is 13.2. The molecule has 7 heteroatoms. The summed E-state index contributed by atoms with van der Waals surface area (Å²) in [5, 5.41) is 12.9. The van der Waals surface area contributed by atoms with Crippen LogP contribution in [0.5, 0.6) is 0 Å². The maximum Gasteiger partial charge on any atom is 0.287 e. The average Bonchev–Trinajstić information content (AvgIpc) is 2.61. The Morgan fingerprint density at radius 3 is 2.72 bits per heavy atom. The Morgan fingerprint density at radius 1 is 1.16 bits per heavy atom. The summed E-state index contributed by atoms with van der Waals surface area (Å²) in [6.07, 6.45) is 0.590. The molecule has 1 unspecified atom stereocenters. The number of nitrogens with one attached hydrogen (secondary N) is 1. The maximum atomic E-state index is 12.1. The molecular weight excluding hydrogens is 324 g/mol. The van der Waals surface area contributed by atoms with Gasteiger partial charge in [0.25, 0.3) is 11.5 Å². The van der Waals surface area contributed by atoms with E-state index in [1.165, 1.54) is 10.6 Å². The molecule has 0 radical (unpaired) electrons. The number of hydrogen-bond acceptors (Lipinski definition) is 5.